The minimum atomic E-state index is -0.326. The van der Waals surface area contributed by atoms with Crippen LogP contribution in [0.25, 0.3) is 0 Å². The SMILES string of the molecule is COC(=O)[C@]12CCC(C)(C)C[C@@H]1[C@H]1C=C[C@H]3[C@@]4(C)CC[C@H](OC(C)=O)C(C)(C)[C@@H]4CC[C@@]3(C)[C@]1(C)CC2. The molecule has 9 atom stereocenters. The Hall–Kier alpha value is -1.32. The summed E-state index contributed by atoms with van der Waals surface area (Å²) in [5, 5.41) is 0. The van der Waals surface area contributed by atoms with E-state index < -0.39 is 0 Å². The Morgan fingerprint density at radius 2 is 1.49 bits per heavy atom. The van der Waals surface area contributed by atoms with Gasteiger partial charge in [-0.2, -0.15) is 0 Å². The van der Waals surface area contributed by atoms with Gasteiger partial charge < -0.3 is 9.47 Å². The number of carbonyl (C=O) groups excluding carboxylic acids is 2. The molecule has 0 aromatic rings. The van der Waals surface area contributed by atoms with E-state index in [0.717, 1.165) is 44.9 Å². The summed E-state index contributed by atoms with van der Waals surface area (Å²) in [6.45, 7) is 18.8. The van der Waals surface area contributed by atoms with Crippen LogP contribution in [-0.4, -0.2) is 25.2 Å². The molecule has 0 amide bonds. The summed E-state index contributed by atoms with van der Waals surface area (Å²) in [5.41, 5.74) is 0.423. The first kappa shape index (κ1) is 27.3. The average Bonchev–Trinajstić information content (AvgIpc) is 2.80. The Bertz CT molecular complexity index is 994. The highest BCUT2D eigenvalue weighted by atomic mass is 16.5. The highest BCUT2D eigenvalue weighted by molar-refractivity contribution is 5.78. The van der Waals surface area contributed by atoms with Gasteiger partial charge in [-0.15, -0.1) is 0 Å². The summed E-state index contributed by atoms with van der Waals surface area (Å²) in [7, 11) is 1.59. The fraction of sp³-hybridized carbons (Fsp3) is 0.879. The van der Waals surface area contributed by atoms with Crippen LogP contribution < -0.4 is 0 Å². The van der Waals surface area contributed by atoms with Crippen LogP contribution in [0.5, 0.6) is 0 Å². The smallest absolute Gasteiger partial charge is 0.312 e. The van der Waals surface area contributed by atoms with Gasteiger partial charge >= 0.3 is 11.9 Å². The van der Waals surface area contributed by atoms with Crippen LogP contribution in [0, 0.1) is 56.2 Å². The molecule has 4 saturated carbocycles. The van der Waals surface area contributed by atoms with Crippen molar-refractivity contribution in [3.05, 3.63) is 12.2 Å². The Kier molecular flexibility index (Phi) is 6.14. The zero-order valence-electron chi connectivity index (χ0n) is 25.0. The third kappa shape index (κ3) is 3.58. The molecule has 4 heteroatoms. The number of carbonyl (C=O) groups is 2. The maximum absolute atomic E-state index is 13.4. The van der Waals surface area contributed by atoms with E-state index in [1.165, 1.54) is 12.8 Å². The molecule has 208 valence electrons. The molecule has 0 saturated heterocycles. The van der Waals surface area contributed by atoms with Crippen molar-refractivity contribution < 1.29 is 19.1 Å². The van der Waals surface area contributed by atoms with Gasteiger partial charge in [-0.3, -0.25) is 9.59 Å². The van der Waals surface area contributed by atoms with E-state index in [1.54, 1.807) is 14.0 Å². The number of esters is 2. The number of methoxy groups -OCH3 is 1. The molecule has 0 aromatic heterocycles. The molecule has 0 heterocycles. The van der Waals surface area contributed by atoms with E-state index in [4.69, 9.17) is 9.47 Å². The van der Waals surface area contributed by atoms with Crippen molar-refractivity contribution in [3.8, 4) is 0 Å². The quantitative estimate of drug-likeness (QED) is 0.280. The molecular formula is C33H52O4. The molecule has 0 aromatic carbocycles. The summed E-state index contributed by atoms with van der Waals surface area (Å²) < 4.78 is 11.4. The van der Waals surface area contributed by atoms with Crippen molar-refractivity contribution >= 4 is 11.9 Å². The van der Waals surface area contributed by atoms with Crippen molar-refractivity contribution in [1.82, 2.24) is 0 Å². The van der Waals surface area contributed by atoms with Crippen LogP contribution in [-0.2, 0) is 19.1 Å². The van der Waals surface area contributed by atoms with E-state index in [9.17, 15) is 9.59 Å². The Labute approximate surface area is 225 Å². The van der Waals surface area contributed by atoms with Crippen LogP contribution in [0.3, 0.4) is 0 Å². The molecule has 0 bridgehead atoms. The van der Waals surface area contributed by atoms with Gasteiger partial charge in [-0.25, -0.2) is 0 Å². The number of rotatable bonds is 2. The standard InChI is InChI=1S/C33H52O4/c1-21(34)37-26-13-14-30(6)24(29(26,4)5)12-15-32(8)25(30)11-10-22-23-20-28(2,3)16-18-33(23,27(35)36-9)19-17-31(22,32)7/h10-11,22-26H,12-20H2,1-9H3/t22-,23-,24+,25+,26+,30+,31-,32-,33+/m1/s1. The molecule has 5 aliphatic carbocycles. The molecule has 0 radical (unpaired) electrons. The maximum atomic E-state index is 13.4. The van der Waals surface area contributed by atoms with Crippen LogP contribution in [0.15, 0.2) is 12.2 Å². The molecule has 0 aliphatic heterocycles. The average molecular weight is 513 g/mol. The predicted octanol–water partition coefficient (Wildman–Crippen LogP) is 7.75. The molecular weight excluding hydrogens is 460 g/mol. The van der Waals surface area contributed by atoms with Gasteiger partial charge in [0.15, 0.2) is 0 Å². The summed E-state index contributed by atoms with van der Waals surface area (Å²) in [6, 6.07) is 0. The second kappa shape index (κ2) is 8.34. The van der Waals surface area contributed by atoms with Crippen LogP contribution in [0.2, 0.25) is 0 Å². The topological polar surface area (TPSA) is 52.6 Å². The van der Waals surface area contributed by atoms with Gasteiger partial charge in [0, 0.05) is 12.3 Å². The molecule has 5 aliphatic rings. The monoisotopic (exact) mass is 512 g/mol. The van der Waals surface area contributed by atoms with Crippen molar-refractivity contribution in [3.63, 3.8) is 0 Å². The number of hydrogen-bond acceptors (Lipinski definition) is 4. The molecule has 4 fully saturated rings. The first-order valence-electron chi connectivity index (χ1n) is 15.0. The minimum absolute atomic E-state index is 0.00293. The number of fused-ring (bicyclic) bond motifs is 7. The van der Waals surface area contributed by atoms with Crippen LogP contribution in [0.1, 0.15) is 113 Å². The second-order valence-electron chi connectivity index (χ2n) is 15.9. The molecule has 4 nitrogen and oxygen atoms in total. The van der Waals surface area contributed by atoms with Gasteiger partial charge in [0.25, 0.3) is 0 Å². The lowest BCUT2D eigenvalue weighted by Gasteiger charge is -2.71. The molecule has 0 N–H and O–H groups in total. The normalized spacial score (nSPS) is 49.5. The minimum Gasteiger partial charge on any atom is -0.469 e. The fourth-order valence-electron chi connectivity index (χ4n) is 11.3. The lowest BCUT2D eigenvalue weighted by molar-refractivity contribution is -0.226. The van der Waals surface area contributed by atoms with Crippen molar-refractivity contribution in [2.75, 3.05) is 7.11 Å². The summed E-state index contributed by atoms with van der Waals surface area (Å²) >= 11 is 0. The first-order chi connectivity index (χ1) is 17.1. The summed E-state index contributed by atoms with van der Waals surface area (Å²) in [6.07, 6.45) is 14.8. The zero-order valence-corrected chi connectivity index (χ0v) is 25.0. The van der Waals surface area contributed by atoms with Crippen molar-refractivity contribution in [1.29, 1.82) is 0 Å². The third-order valence-corrected chi connectivity index (χ3v) is 13.5. The number of allylic oxidation sites excluding steroid dienone is 2. The summed E-state index contributed by atoms with van der Waals surface area (Å²) in [5.74, 6) is 1.66. The van der Waals surface area contributed by atoms with E-state index in [1.807, 2.05) is 0 Å². The first-order valence-corrected chi connectivity index (χ1v) is 15.0. The van der Waals surface area contributed by atoms with Crippen molar-refractivity contribution in [2.24, 2.45) is 56.2 Å². The number of ether oxygens (including phenoxy) is 2. The summed E-state index contributed by atoms with van der Waals surface area (Å²) in [4.78, 5) is 25.3. The van der Waals surface area contributed by atoms with Crippen molar-refractivity contribution in [2.45, 2.75) is 119 Å². The van der Waals surface area contributed by atoms with Gasteiger partial charge in [0.1, 0.15) is 6.10 Å². The fourth-order valence-corrected chi connectivity index (χ4v) is 11.3. The Morgan fingerprint density at radius 1 is 0.811 bits per heavy atom. The highest BCUT2D eigenvalue weighted by Gasteiger charge is 2.70. The van der Waals surface area contributed by atoms with E-state index >= 15 is 0 Å². The van der Waals surface area contributed by atoms with E-state index in [-0.39, 0.29) is 50.5 Å². The molecule has 37 heavy (non-hydrogen) atoms. The Morgan fingerprint density at radius 3 is 2.14 bits per heavy atom. The van der Waals surface area contributed by atoms with Gasteiger partial charge in [-0.05, 0) is 103 Å². The van der Waals surface area contributed by atoms with E-state index in [2.05, 4.69) is 60.6 Å². The van der Waals surface area contributed by atoms with Gasteiger partial charge in [0.05, 0.1) is 12.5 Å². The van der Waals surface area contributed by atoms with Gasteiger partial charge in [0.2, 0.25) is 0 Å². The lowest BCUT2D eigenvalue weighted by atomic mass is 9.33. The number of hydrogen-bond donors (Lipinski definition) is 0. The molecule has 0 spiro atoms. The predicted molar refractivity (Wildman–Crippen MR) is 147 cm³/mol. The second-order valence-corrected chi connectivity index (χ2v) is 15.9. The van der Waals surface area contributed by atoms with E-state index in [0.29, 0.717) is 23.7 Å². The Balaban J connectivity index is 1.55. The third-order valence-electron chi connectivity index (χ3n) is 13.5. The molecule has 5 rings (SSSR count). The maximum Gasteiger partial charge on any atom is 0.312 e. The van der Waals surface area contributed by atoms with Gasteiger partial charge in [-0.1, -0.05) is 60.6 Å². The largest absolute Gasteiger partial charge is 0.469 e. The van der Waals surface area contributed by atoms with Crippen LogP contribution >= 0.6 is 0 Å². The molecule has 0 unspecified atom stereocenters. The zero-order chi connectivity index (χ0) is 27.2. The van der Waals surface area contributed by atoms with Crippen LogP contribution in [0.4, 0.5) is 0 Å². The highest BCUT2D eigenvalue weighted by Crippen LogP contribution is 2.75. The lowest BCUT2D eigenvalue weighted by Crippen LogP contribution is -2.66.